The number of hydrogen-bond acceptors (Lipinski definition) is 5. The highest BCUT2D eigenvalue weighted by Gasteiger charge is 2.32. The number of aromatic nitrogens is 1. The van der Waals surface area contributed by atoms with Crippen molar-refractivity contribution in [2.75, 3.05) is 31.2 Å². The van der Waals surface area contributed by atoms with Gasteiger partial charge in [0.15, 0.2) is 11.6 Å². The van der Waals surface area contributed by atoms with E-state index in [1.807, 2.05) is 11.8 Å². The average molecular weight is 362 g/mol. The molecule has 138 valence electrons. The molecule has 0 amide bonds. The van der Waals surface area contributed by atoms with E-state index in [9.17, 15) is 24.2 Å². The Bertz CT molecular complexity index is 970. The number of ether oxygens (including phenoxy) is 1. The molecule has 0 spiro atoms. The molecule has 0 radical (unpaired) electrons. The summed E-state index contributed by atoms with van der Waals surface area (Å²) in [7, 11) is 0. The zero-order valence-electron chi connectivity index (χ0n) is 14.2. The number of carboxylic acids is 1. The number of hydrogen-bond donors (Lipinski definition) is 2. The number of halogens is 1. The molecule has 0 bridgehead atoms. The molecule has 2 N–H and O–H groups in total. The lowest BCUT2D eigenvalue weighted by molar-refractivity contribution is 0.0694. The van der Waals surface area contributed by atoms with Crippen LogP contribution in [0, 0.1) is 11.7 Å². The number of carboxylic acid groups (broad SMARTS) is 1. The van der Waals surface area contributed by atoms with Crippen LogP contribution in [0.1, 0.15) is 29.7 Å². The molecule has 0 aliphatic carbocycles. The Morgan fingerprint density at radius 1 is 1.46 bits per heavy atom. The maximum atomic E-state index is 14.9. The first kappa shape index (κ1) is 16.8. The molecule has 2 aromatic rings. The predicted octanol–water partition coefficient (Wildman–Crippen LogP) is 1.61. The second-order valence-corrected chi connectivity index (χ2v) is 6.96. The monoisotopic (exact) mass is 362 g/mol. The molecule has 2 unspecified atom stereocenters. The molecule has 1 aromatic heterocycles. The molecule has 1 aromatic carbocycles. The van der Waals surface area contributed by atoms with Gasteiger partial charge in [-0.3, -0.25) is 4.79 Å². The second-order valence-electron chi connectivity index (χ2n) is 6.96. The highest BCUT2D eigenvalue weighted by molar-refractivity contribution is 5.97. The van der Waals surface area contributed by atoms with Crippen molar-refractivity contribution in [3.8, 4) is 5.75 Å². The molecule has 3 heterocycles. The van der Waals surface area contributed by atoms with Gasteiger partial charge in [-0.25, -0.2) is 9.18 Å². The number of carbonyl (C=O) groups is 1. The molecule has 8 heteroatoms. The number of benzene rings is 1. The van der Waals surface area contributed by atoms with Gasteiger partial charge in [0.2, 0.25) is 5.43 Å². The number of anilines is 1. The maximum Gasteiger partial charge on any atom is 0.341 e. The van der Waals surface area contributed by atoms with Crippen molar-refractivity contribution >= 4 is 22.6 Å². The number of pyridine rings is 1. The van der Waals surface area contributed by atoms with Crippen LogP contribution in [0.4, 0.5) is 10.1 Å². The van der Waals surface area contributed by atoms with E-state index in [2.05, 4.69) is 0 Å². The molecule has 1 saturated heterocycles. The number of rotatable bonds is 3. The summed E-state index contributed by atoms with van der Waals surface area (Å²) in [5, 5.41) is 18.7. The summed E-state index contributed by atoms with van der Waals surface area (Å²) in [4.78, 5) is 25.8. The van der Waals surface area contributed by atoms with Gasteiger partial charge in [-0.05, 0) is 19.4 Å². The van der Waals surface area contributed by atoms with Crippen molar-refractivity contribution < 1.29 is 24.1 Å². The largest absolute Gasteiger partial charge is 0.487 e. The third kappa shape index (κ3) is 2.36. The number of aliphatic hydroxyl groups excluding tert-OH is 1. The topological polar surface area (TPSA) is 92.0 Å². The molecule has 26 heavy (non-hydrogen) atoms. The molecular formula is C18H19FN2O5. The Hall–Kier alpha value is -2.61. The molecular weight excluding hydrogens is 343 g/mol. The molecule has 4 rings (SSSR count). The van der Waals surface area contributed by atoms with Crippen LogP contribution in [-0.4, -0.2) is 47.1 Å². The van der Waals surface area contributed by atoms with Gasteiger partial charge in [0.1, 0.15) is 17.9 Å². The first-order chi connectivity index (χ1) is 12.4. The van der Waals surface area contributed by atoms with E-state index in [1.54, 1.807) is 4.57 Å². The predicted molar refractivity (Wildman–Crippen MR) is 92.7 cm³/mol. The first-order valence-electron chi connectivity index (χ1n) is 8.55. The Balaban J connectivity index is 2.01. The van der Waals surface area contributed by atoms with E-state index in [4.69, 9.17) is 4.74 Å². The van der Waals surface area contributed by atoms with E-state index < -0.39 is 17.2 Å². The lowest BCUT2D eigenvalue weighted by Crippen LogP contribution is -2.29. The van der Waals surface area contributed by atoms with Crippen molar-refractivity contribution in [1.29, 1.82) is 0 Å². The molecule has 7 nitrogen and oxygen atoms in total. The number of aromatic carboxylic acids is 1. The van der Waals surface area contributed by atoms with Gasteiger partial charge >= 0.3 is 5.97 Å². The van der Waals surface area contributed by atoms with Gasteiger partial charge in [0.25, 0.3) is 0 Å². The summed E-state index contributed by atoms with van der Waals surface area (Å²) in [5.74, 6) is -1.62. The quantitative estimate of drug-likeness (QED) is 0.862. The van der Waals surface area contributed by atoms with Gasteiger partial charge in [0, 0.05) is 31.8 Å². The molecule has 0 saturated carbocycles. The van der Waals surface area contributed by atoms with Crippen LogP contribution in [-0.2, 0) is 0 Å². The van der Waals surface area contributed by atoms with Gasteiger partial charge in [-0.2, -0.15) is 0 Å². The minimum Gasteiger partial charge on any atom is -0.487 e. The van der Waals surface area contributed by atoms with Crippen LogP contribution in [0.15, 0.2) is 17.1 Å². The molecule has 2 aliphatic rings. The molecule has 1 fully saturated rings. The van der Waals surface area contributed by atoms with Gasteiger partial charge in [-0.15, -0.1) is 0 Å². The van der Waals surface area contributed by atoms with Crippen LogP contribution in [0.3, 0.4) is 0 Å². The van der Waals surface area contributed by atoms with Crippen LogP contribution in [0.2, 0.25) is 0 Å². The SMILES string of the molecule is CC1COc2c(N3CCC(CO)C3)c(F)cc3c(=O)c(C(=O)O)cn1c23. The highest BCUT2D eigenvalue weighted by atomic mass is 19.1. The first-order valence-corrected chi connectivity index (χ1v) is 8.55. The van der Waals surface area contributed by atoms with Gasteiger partial charge < -0.3 is 24.4 Å². The highest BCUT2D eigenvalue weighted by Crippen LogP contribution is 2.43. The van der Waals surface area contributed by atoms with E-state index in [0.717, 1.165) is 12.5 Å². The summed E-state index contributed by atoms with van der Waals surface area (Å²) in [5.41, 5.74) is -0.409. The van der Waals surface area contributed by atoms with Gasteiger partial charge in [-0.1, -0.05) is 0 Å². The van der Waals surface area contributed by atoms with Crippen molar-refractivity contribution in [2.45, 2.75) is 19.4 Å². The minimum absolute atomic E-state index is 0.00519. The van der Waals surface area contributed by atoms with Crippen LogP contribution in [0.5, 0.6) is 5.75 Å². The fourth-order valence-corrected chi connectivity index (χ4v) is 3.84. The van der Waals surface area contributed by atoms with Crippen LogP contribution < -0.4 is 15.1 Å². The summed E-state index contributed by atoms with van der Waals surface area (Å²) in [6, 6.07) is 0.915. The Labute approximate surface area is 148 Å². The van der Waals surface area contributed by atoms with Crippen LogP contribution >= 0.6 is 0 Å². The fraction of sp³-hybridized carbons (Fsp3) is 0.444. The average Bonchev–Trinajstić information content (AvgIpc) is 3.07. The summed E-state index contributed by atoms with van der Waals surface area (Å²) < 4.78 is 22.4. The smallest absolute Gasteiger partial charge is 0.341 e. The summed E-state index contributed by atoms with van der Waals surface area (Å²) in [6.07, 6.45) is 2.06. The Kier molecular flexibility index (Phi) is 3.87. The van der Waals surface area contributed by atoms with Crippen molar-refractivity contribution in [1.82, 2.24) is 4.57 Å². The van der Waals surface area contributed by atoms with Crippen LogP contribution in [0.25, 0.3) is 10.9 Å². The number of aliphatic hydroxyl groups is 1. The van der Waals surface area contributed by atoms with E-state index in [-0.39, 0.29) is 47.6 Å². The minimum atomic E-state index is -1.34. The second kappa shape index (κ2) is 5.98. The maximum absolute atomic E-state index is 14.9. The normalized spacial score (nSPS) is 21.9. The lowest BCUT2D eigenvalue weighted by Gasteiger charge is -2.31. The molecule has 2 atom stereocenters. The van der Waals surface area contributed by atoms with Gasteiger partial charge in [0.05, 0.1) is 16.9 Å². The standard InChI is InChI=1S/C18H19FN2O5/c1-9-8-26-17-14-11(16(23)12(18(24)25)6-21(9)14)4-13(19)15(17)20-3-2-10(5-20)7-22/h4,6,9-10,22H,2-3,5,7-8H2,1H3,(H,24,25). The van der Waals surface area contributed by atoms with E-state index >= 15 is 0 Å². The van der Waals surface area contributed by atoms with E-state index in [0.29, 0.717) is 18.6 Å². The third-order valence-electron chi connectivity index (χ3n) is 5.23. The number of nitrogens with zero attached hydrogens (tertiary/aromatic N) is 2. The Morgan fingerprint density at radius 3 is 2.88 bits per heavy atom. The van der Waals surface area contributed by atoms with Crippen molar-refractivity contribution in [3.05, 3.63) is 33.9 Å². The van der Waals surface area contributed by atoms with E-state index in [1.165, 1.54) is 6.20 Å². The zero-order valence-corrected chi connectivity index (χ0v) is 14.2. The zero-order chi connectivity index (χ0) is 18.6. The van der Waals surface area contributed by atoms with Crippen molar-refractivity contribution in [2.24, 2.45) is 5.92 Å². The van der Waals surface area contributed by atoms with Crippen molar-refractivity contribution in [3.63, 3.8) is 0 Å². The fourth-order valence-electron chi connectivity index (χ4n) is 3.84. The molecule has 2 aliphatic heterocycles. The third-order valence-corrected chi connectivity index (χ3v) is 5.23. The summed E-state index contributed by atoms with van der Waals surface area (Å²) >= 11 is 0. The lowest BCUT2D eigenvalue weighted by atomic mass is 10.1. The Morgan fingerprint density at radius 2 is 2.23 bits per heavy atom. The summed E-state index contributed by atoms with van der Waals surface area (Å²) in [6.45, 7) is 3.21.